The molecule has 8 rings (SSSR count). The molecule has 4 nitrogen and oxygen atoms in total. The van der Waals surface area contributed by atoms with Gasteiger partial charge >= 0.3 is 0 Å². The second-order valence-corrected chi connectivity index (χ2v) is 10.8. The molecule has 0 spiro atoms. The first-order chi connectivity index (χ1) is 19.3. The van der Waals surface area contributed by atoms with Gasteiger partial charge in [-0.15, -0.1) is 0 Å². The monoisotopic (exact) mass is 506 g/mol. The average molecular weight is 507 g/mol. The Balaban J connectivity index is 1.08. The quantitative estimate of drug-likeness (QED) is 0.276. The maximum absolute atomic E-state index is 4.43. The highest BCUT2D eigenvalue weighted by molar-refractivity contribution is 5.92. The normalized spacial score (nSPS) is 15.2. The van der Waals surface area contributed by atoms with Crippen molar-refractivity contribution in [2.75, 3.05) is 0 Å². The molecule has 3 aliphatic rings. The van der Waals surface area contributed by atoms with Crippen molar-refractivity contribution in [2.24, 2.45) is 0 Å². The van der Waals surface area contributed by atoms with Gasteiger partial charge in [0, 0.05) is 56.7 Å². The van der Waals surface area contributed by atoms with Gasteiger partial charge in [0.05, 0.1) is 18.3 Å². The Labute approximate surface area is 228 Å². The lowest BCUT2D eigenvalue weighted by Gasteiger charge is -2.17. The third-order valence-corrected chi connectivity index (χ3v) is 8.46. The molecule has 0 fully saturated rings. The molecule has 5 aromatic rings. The number of nitrogens with zero attached hydrogens (tertiary/aromatic N) is 3. The molecule has 0 unspecified atom stereocenters. The molecule has 1 N–H and O–H groups in total. The molecule has 1 aliphatic heterocycles. The van der Waals surface area contributed by atoms with Crippen LogP contribution in [0, 0.1) is 0 Å². The fourth-order valence-corrected chi connectivity index (χ4v) is 6.66. The highest BCUT2D eigenvalue weighted by atomic mass is 15.0. The van der Waals surface area contributed by atoms with Gasteiger partial charge in [-0.25, -0.2) is 0 Å². The molecule has 0 amide bonds. The van der Waals surface area contributed by atoms with Crippen LogP contribution in [0.5, 0.6) is 0 Å². The molecule has 2 aromatic carbocycles. The Morgan fingerprint density at radius 1 is 0.667 bits per heavy atom. The van der Waals surface area contributed by atoms with Crippen LogP contribution in [-0.4, -0.2) is 14.1 Å². The molecule has 2 aliphatic carbocycles. The van der Waals surface area contributed by atoms with E-state index in [0.717, 1.165) is 38.6 Å². The maximum atomic E-state index is 4.43. The van der Waals surface area contributed by atoms with Crippen LogP contribution in [0.15, 0.2) is 85.3 Å². The first-order valence-corrected chi connectivity index (χ1v) is 14.0. The average Bonchev–Trinajstić information content (AvgIpc) is 3.51. The molecule has 39 heavy (non-hydrogen) atoms. The minimum atomic E-state index is 0.868. The summed E-state index contributed by atoms with van der Waals surface area (Å²) in [4.78, 5) is 4.43. The first kappa shape index (κ1) is 22.4. The molecule has 0 saturated carbocycles. The van der Waals surface area contributed by atoms with Crippen LogP contribution < -0.4 is 5.32 Å². The minimum Gasteiger partial charge on any atom is -0.385 e. The van der Waals surface area contributed by atoms with Gasteiger partial charge in [-0.1, -0.05) is 48.6 Å². The van der Waals surface area contributed by atoms with E-state index in [1.54, 1.807) is 0 Å². The van der Waals surface area contributed by atoms with E-state index in [9.17, 15) is 0 Å². The van der Waals surface area contributed by atoms with Gasteiger partial charge in [0.15, 0.2) is 0 Å². The highest BCUT2D eigenvalue weighted by Gasteiger charge is 2.23. The number of fused-ring (bicyclic) bond motifs is 6. The number of rotatable bonds is 4. The number of pyridine rings is 1. The molecular weight excluding hydrogens is 476 g/mol. The summed E-state index contributed by atoms with van der Waals surface area (Å²) in [5.41, 5.74) is 14.6. The predicted octanol–water partition coefficient (Wildman–Crippen LogP) is 7.40. The fraction of sp³-hybridized carbons (Fsp3) is 0.171. The molecule has 4 heterocycles. The standard InChI is InChI=1S/C35H30N4/c1-3-7-32-28(5-1)30-17-19-36-22-34(30)38(32)26-13-9-24(10-14-26)21-25-11-15-27(16-12-25)39-33-8-4-2-6-29(33)31-18-20-37-23-35(31)39/h1-2,5-6,9-20,22,37H,3-4,7-8,21,23H2. The molecule has 4 heteroatoms. The van der Waals surface area contributed by atoms with E-state index in [-0.39, 0.29) is 0 Å². The fourth-order valence-electron chi connectivity index (χ4n) is 6.66. The van der Waals surface area contributed by atoms with Crippen LogP contribution in [-0.2, 0) is 25.8 Å². The van der Waals surface area contributed by atoms with Crippen molar-refractivity contribution in [1.29, 1.82) is 0 Å². The Morgan fingerprint density at radius 2 is 1.31 bits per heavy atom. The Bertz CT molecular complexity index is 1770. The van der Waals surface area contributed by atoms with E-state index in [0.29, 0.717) is 0 Å². The van der Waals surface area contributed by atoms with Gasteiger partial charge in [-0.3, -0.25) is 4.98 Å². The third-order valence-electron chi connectivity index (χ3n) is 8.46. The second-order valence-electron chi connectivity index (χ2n) is 10.8. The number of nitrogens with one attached hydrogen (secondary N) is 1. The summed E-state index contributed by atoms with van der Waals surface area (Å²) < 4.78 is 4.88. The largest absolute Gasteiger partial charge is 0.385 e. The van der Waals surface area contributed by atoms with Crippen LogP contribution >= 0.6 is 0 Å². The van der Waals surface area contributed by atoms with E-state index in [1.165, 1.54) is 67.2 Å². The van der Waals surface area contributed by atoms with Crippen molar-refractivity contribution in [2.45, 2.75) is 38.6 Å². The summed E-state index contributed by atoms with van der Waals surface area (Å²) in [7, 11) is 0. The lowest BCUT2D eigenvalue weighted by Crippen LogP contribution is -2.14. The van der Waals surface area contributed by atoms with Crippen LogP contribution in [0.25, 0.3) is 40.5 Å². The molecule has 0 saturated heterocycles. The van der Waals surface area contributed by atoms with Gasteiger partial charge in [0.2, 0.25) is 0 Å². The van der Waals surface area contributed by atoms with Gasteiger partial charge in [0.1, 0.15) is 0 Å². The van der Waals surface area contributed by atoms with Crippen LogP contribution in [0.4, 0.5) is 0 Å². The molecule has 0 atom stereocenters. The van der Waals surface area contributed by atoms with E-state index in [4.69, 9.17) is 0 Å². The summed E-state index contributed by atoms with van der Waals surface area (Å²) in [5, 5.41) is 4.70. The molecule has 190 valence electrons. The van der Waals surface area contributed by atoms with Crippen molar-refractivity contribution < 1.29 is 0 Å². The summed E-state index contributed by atoms with van der Waals surface area (Å²) >= 11 is 0. The zero-order chi connectivity index (χ0) is 25.8. The van der Waals surface area contributed by atoms with Crippen molar-refractivity contribution in [3.63, 3.8) is 0 Å². The maximum Gasteiger partial charge on any atom is 0.0721 e. The molecule has 0 radical (unpaired) electrons. The molecular formula is C35H30N4. The van der Waals surface area contributed by atoms with E-state index in [1.807, 2.05) is 12.4 Å². The summed E-state index contributed by atoms with van der Waals surface area (Å²) in [5.74, 6) is 0. The van der Waals surface area contributed by atoms with Crippen LogP contribution in [0.2, 0.25) is 0 Å². The number of allylic oxidation sites excluding steroid dienone is 2. The number of benzene rings is 2. The zero-order valence-electron chi connectivity index (χ0n) is 21.9. The number of hydrogen-bond donors (Lipinski definition) is 1. The molecule has 0 bridgehead atoms. The van der Waals surface area contributed by atoms with Crippen molar-refractivity contribution in [3.05, 3.63) is 130 Å². The van der Waals surface area contributed by atoms with Gasteiger partial charge in [0.25, 0.3) is 0 Å². The van der Waals surface area contributed by atoms with E-state index < -0.39 is 0 Å². The topological polar surface area (TPSA) is 34.8 Å². The Kier molecular flexibility index (Phi) is 5.19. The van der Waals surface area contributed by atoms with Crippen LogP contribution in [0.1, 0.15) is 57.7 Å². The summed E-state index contributed by atoms with van der Waals surface area (Å²) in [6, 6.07) is 20.4. The Morgan fingerprint density at radius 3 is 2.05 bits per heavy atom. The lowest BCUT2D eigenvalue weighted by molar-refractivity contribution is 0.768. The highest BCUT2D eigenvalue weighted by Crippen LogP contribution is 2.35. The zero-order valence-corrected chi connectivity index (χ0v) is 21.9. The van der Waals surface area contributed by atoms with Crippen molar-refractivity contribution in [3.8, 4) is 11.4 Å². The van der Waals surface area contributed by atoms with Crippen molar-refractivity contribution in [1.82, 2.24) is 19.4 Å². The van der Waals surface area contributed by atoms with Gasteiger partial charge < -0.3 is 14.5 Å². The lowest BCUT2D eigenvalue weighted by atomic mass is 10.00. The second kappa shape index (κ2) is 9.02. The first-order valence-electron chi connectivity index (χ1n) is 14.0. The smallest absolute Gasteiger partial charge is 0.0721 e. The Hall–Kier alpha value is -4.57. The van der Waals surface area contributed by atoms with E-state index in [2.05, 4.69) is 111 Å². The number of aromatic nitrogens is 3. The van der Waals surface area contributed by atoms with Crippen LogP contribution in [0.3, 0.4) is 0 Å². The van der Waals surface area contributed by atoms with Gasteiger partial charge in [-0.2, -0.15) is 0 Å². The third kappa shape index (κ3) is 3.63. The predicted molar refractivity (Wildman–Crippen MR) is 160 cm³/mol. The minimum absolute atomic E-state index is 0.868. The van der Waals surface area contributed by atoms with Gasteiger partial charge in [-0.05, 0) is 85.8 Å². The summed E-state index contributed by atoms with van der Waals surface area (Å²) in [6.07, 6.45) is 22.6. The SMILES string of the molecule is C1=Cc2c3c(n(-c4ccc(Cc5ccc(-n6c7c(c8ccncc86)C=CCC7)cc5)cc4)c2CC1)CNC=C3. The number of hydrogen-bond acceptors (Lipinski definition) is 2. The summed E-state index contributed by atoms with van der Waals surface area (Å²) in [6.45, 7) is 0.868. The van der Waals surface area contributed by atoms with E-state index >= 15 is 0 Å². The molecule has 3 aromatic heterocycles. The van der Waals surface area contributed by atoms with Crippen molar-refractivity contribution >= 4 is 29.1 Å².